The number of aromatic nitrogens is 2. The third kappa shape index (κ3) is 1.99. The maximum absolute atomic E-state index is 12.5. The highest BCUT2D eigenvalue weighted by molar-refractivity contribution is 7.90. The molecular formula is C14H11N2O3S. The lowest BCUT2D eigenvalue weighted by molar-refractivity contribution is 0.282. The van der Waals surface area contributed by atoms with Crippen LogP contribution in [0.15, 0.2) is 53.8 Å². The van der Waals surface area contributed by atoms with Gasteiger partial charge in [-0.25, -0.2) is 12.4 Å². The van der Waals surface area contributed by atoms with Crippen molar-refractivity contribution >= 4 is 20.9 Å². The molecule has 0 fully saturated rings. The van der Waals surface area contributed by atoms with Crippen molar-refractivity contribution in [1.29, 1.82) is 0 Å². The molecule has 0 aliphatic heterocycles. The molecule has 2 heterocycles. The third-order valence-electron chi connectivity index (χ3n) is 3.01. The minimum atomic E-state index is -3.71. The first-order chi connectivity index (χ1) is 9.63. The molecule has 0 atom stereocenters. The first-order valence-corrected chi connectivity index (χ1v) is 7.35. The van der Waals surface area contributed by atoms with Crippen LogP contribution in [0.1, 0.15) is 5.56 Å². The van der Waals surface area contributed by atoms with E-state index < -0.39 is 10.0 Å². The van der Waals surface area contributed by atoms with Gasteiger partial charge >= 0.3 is 0 Å². The maximum Gasteiger partial charge on any atom is 0.269 e. The van der Waals surface area contributed by atoms with Crippen molar-refractivity contribution in [3.63, 3.8) is 0 Å². The Kier molecular flexibility index (Phi) is 3.04. The molecular weight excluding hydrogens is 276 g/mol. The second kappa shape index (κ2) is 4.73. The van der Waals surface area contributed by atoms with E-state index in [9.17, 15) is 8.42 Å². The van der Waals surface area contributed by atoms with Gasteiger partial charge < -0.3 is 5.11 Å². The van der Waals surface area contributed by atoms with Crippen LogP contribution in [0, 0.1) is 6.07 Å². The zero-order valence-electron chi connectivity index (χ0n) is 10.4. The first kappa shape index (κ1) is 12.8. The predicted molar refractivity (Wildman–Crippen MR) is 73.5 cm³/mol. The van der Waals surface area contributed by atoms with Crippen molar-refractivity contribution < 1.29 is 13.5 Å². The van der Waals surface area contributed by atoms with E-state index in [1.165, 1.54) is 24.7 Å². The van der Waals surface area contributed by atoms with E-state index in [0.717, 1.165) is 3.97 Å². The highest BCUT2D eigenvalue weighted by atomic mass is 32.2. The predicted octanol–water partition coefficient (Wildman–Crippen LogP) is 1.57. The Balaban J connectivity index is 2.24. The van der Waals surface area contributed by atoms with Crippen molar-refractivity contribution in [1.82, 2.24) is 8.96 Å². The number of nitrogens with zero attached hydrogens (tertiary/aromatic N) is 2. The van der Waals surface area contributed by atoms with E-state index in [1.54, 1.807) is 24.3 Å². The van der Waals surface area contributed by atoms with Gasteiger partial charge in [0.2, 0.25) is 0 Å². The van der Waals surface area contributed by atoms with Crippen LogP contribution in [0.2, 0.25) is 0 Å². The molecule has 0 saturated carbocycles. The highest BCUT2D eigenvalue weighted by Crippen LogP contribution is 2.22. The Labute approximate surface area is 116 Å². The number of hydrogen-bond acceptors (Lipinski definition) is 4. The molecule has 2 aromatic heterocycles. The van der Waals surface area contributed by atoms with E-state index in [-0.39, 0.29) is 11.5 Å². The summed E-state index contributed by atoms with van der Waals surface area (Å²) >= 11 is 0. The monoisotopic (exact) mass is 287 g/mol. The fourth-order valence-corrected chi connectivity index (χ4v) is 3.26. The minimum Gasteiger partial charge on any atom is -0.392 e. The van der Waals surface area contributed by atoms with E-state index in [1.807, 2.05) is 0 Å². The van der Waals surface area contributed by atoms with Gasteiger partial charge in [0, 0.05) is 30.0 Å². The second-order valence-electron chi connectivity index (χ2n) is 4.27. The number of pyridine rings is 1. The highest BCUT2D eigenvalue weighted by Gasteiger charge is 2.19. The Morgan fingerprint density at radius 1 is 1.30 bits per heavy atom. The first-order valence-electron chi connectivity index (χ1n) is 5.91. The van der Waals surface area contributed by atoms with E-state index in [0.29, 0.717) is 16.5 Å². The SMILES string of the molecule is O=S(=O)(c1cccnc1)n1c[c]c2ccc(CO)cc21. The van der Waals surface area contributed by atoms with Crippen molar-refractivity contribution in [3.05, 3.63) is 60.6 Å². The van der Waals surface area contributed by atoms with E-state index >= 15 is 0 Å². The number of hydrogen-bond donors (Lipinski definition) is 1. The molecule has 0 saturated heterocycles. The molecule has 1 radical (unpaired) electrons. The second-order valence-corrected chi connectivity index (χ2v) is 6.09. The Hall–Kier alpha value is -2.18. The van der Waals surface area contributed by atoms with Gasteiger partial charge in [0.15, 0.2) is 0 Å². The summed E-state index contributed by atoms with van der Waals surface area (Å²) in [4.78, 5) is 3.94. The quantitative estimate of drug-likeness (QED) is 0.793. The van der Waals surface area contributed by atoms with E-state index in [4.69, 9.17) is 5.11 Å². The Bertz CT molecular complexity index is 855. The molecule has 1 aromatic carbocycles. The van der Waals surface area contributed by atoms with Crippen LogP contribution in [0.25, 0.3) is 10.9 Å². The topological polar surface area (TPSA) is 72.2 Å². The maximum atomic E-state index is 12.5. The summed E-state index contributed by atoms with van der Waals surface area (Å²) in [5, 5.41) is 9.84. The fourth-order valence-electron chi connectivity index (χ4n) is 1.99. The molecule has 0 spiro atoms. The fraction of sp³-hybridized carbons (Fsp3) is 0.0714. The minimum absolute atomic E-state index is 0.111. The van der Waals surface area contributed by atoms with Crippen molar-refractivity contribution in [2.75, 3.05) is 0 Å². The molecule has 0 aliphatic carbocycles. The smallest absolute Gasteiger partial charge is 0.269 e. The normalized spacial score (nSPS) is 11.8. The number of benzene rings is 1. The number of aliphatic hydroxyl groups excluding tert-OH is 1. The molecule has 1 N–H and O–H groups in total. The lowest BCUT2D eigenvalue weighted by Crippen LogP contribution is -2.12. The van der Waals surface area contributed by atoms with Gasteiger partial charge in [-0.2, -0.15) is 0 Å². The van der Waals surface area contributed by atoms with Crippen molar-refractivity contribution in [3.8, 4) is 0 Å². The Morgan fingerprint density at radius 3 is 2.85 bits per heavy atom. The van der Waals surface area contributed by atoms with Crippen molar-refractivity contribution in [2.45, 2.75) is 11.5 Å². The van der Waals surface area contributed by atoms with Gasteiger partial charge in [-0.15, -0.1) is 0 Å². The molecule has 0 unspecified atom stereocenters. The van der Waals surface area contributed by atoms with Crippen LogP contribution in [-0.4, -0.2) is 22.5 Å². The van der Waals surface area contributed by atoms with E-state index in [2.05, 4.69) is 11.1 Å². The lowest BCUT2D eigenvalue weighted by atomic mass is 10.2. The molecule has 20 heavy (non-hydrogen) atoms. The average molecular weight is 287 g/mol. The van der Waals surface area contributed by atoms with Crippen LogP contribution < -0.4 is 0 Å². The van der Waals surface area contributed by atoms with Crippen LogP contribution in [0.3, 0.4) is 0 Å². The number of aliphatic hydroxyl groups is 1. The molecule has 0 aliphatic rings. The lowest BCUT2D eigenvalue weighted by Gasteiger charge is -2.07. The molecule has 3 aromatic rings. The standard InChI is InChI=1S/C14H11N2O3S/c17-10-11-3-4-12-5-7-16(14(12)8-11)20(18,19)13-2-1-6-15-9-13/h1-4,6-9,17H,10H2. The van der Waals surface area contributed by atoms with Gasteiger partial charge in [0.25, 0.3) is 10.0 Å². The van der Waals surface area contributed by atoms with Gasteiger partial charge in [0.05, 0.1) is 12.1 Å². The summed E-state index contributed by atoms with van der Waals surface area (Å²) in [6, 6.07) is 11.1. The van der Waals surface area contributed by atoms with Crippen LogP contribution >= 0.6 is 0 Å². The number of fused-ring (bicyclic) bond motifs is 1. The zero-order valence-corrected chi connectivity index (χ0v) is 11.2. The Morgan fingerprint density at radius 2 is 2.15 bits per heavy atom. The van der Waals surface area contributed by atoms with Gasteiger partial charge in [-0.3, -0.25) is 4.98 Å². The summed E-state index contributed by atoms with van der Waals surface area (Å²) < 4.78 is 26.2. The summed E-state index contributed by atoms with van der Waals surface area (Å²) in [5.41, 5.74) is 1.13. The summed E-state index contributed by atoms with van der Waals surface area (Å²) in [5.74, 6) is 0. The largest absolute Gasteiger partial charge is 0.392 e. The molecule has 0 amide bonds. The van der Waals surface area contributed by atoms with Gasteiger partial charge in [-0.05, 0) is 23.8 Å². The van der Waals surface area contributed by atoms with Gasteiger partial charge in [0.1, 0.15) is 4.90 Å². The average Bonchev–Trinajstić information content (AvgIpc) is 2.91. The molecule has 3 rings (SSSR count). The molecule has 0 bridgehead atoms. The zero-order chi connectivity index (χ0) is 14.2. The molecule has 5 nitrogen and oxygen atoms in total. The van der Waals surface area contributed by atoms with Crippen LogP contribution in [-0.2, 0) is 16.6 Å². The van der Waals surface area contributed by atoms with Crippen LogP contribution in [0.5, 0.6) is 0 Å². The molecule has 6 heteroatoms. The summed E-state index contributed by atoms with van der Waals surface area (Å²) in [6.07, 6.45) is 4.20. The van der Waals surface area contributed by atoms with Gasteiger partial charge in [-0.1, -0.05) is 12.1 Å². The van der Waals surface area contributed by atoms with Crippen LogP contribution in [0.4, 0.5) is 0 Å². The summed E-state index contributed by atoms with van der Waals surface area (Å²) in [7, 11) is -3.71. The summed E-state index contributed by atoms with van der Waals surface area (Å²) in [6.45, 7) is -0.145. The number of rotatable bonds is 3. The van der Waals surface area contributed by atoms with Crippen molar-refractivity contribution in [2.24, 2.45) is 0 Å². The third-order valence-corrected chi connectivity index (χ3v) is 4.67. The molecule has 101 valence electrons.